The zero-order chi connectivity index (χ0) is 20.5. The molecule has 2 aromatic carbocycles. The van der Waals surface area contributed by atoms with Gasteiger partial charge in [0.05, 0.1) is 5.69 Å². The van der Waals surface area contributed by atoms with Gasteiger partial charge in [-0.2, -0.15) is 0 Å². The third-order valence-electron chi connectivity index (χ3n) is 5.74. The van der Waals surface area contributed by atoms with E-state index in [1.807, 2.05) is 24.0 Å². The third-order valence-corrected chi connectivity index (χ3v) is 6.17. The van der Waals surface area contributed by atoms with E-state index in [0.717, 1.165) is 11.3 Å². The molecule has 7 heteroatoms. The fourth-order valence-electron chi connectivity index (χ4n) is 4.06. The highest BCUT2D eigenvalue weighted by Gasteiger charge is 2.40. The van der Waals surface area contributed by atoms with Crippen molar-refractivity contribution in [2.45, 2.75) is 13.3 Å². The van der Waals surface area contributed by atoms with Crippen LogP contribution in [-0.2, 0) is 9.59 Å². The second-order valence-electron chi connectivity index (χ2n) is 7.53. The Balaban J connectivity index is 1.40. The van der Waals surface area contributed by atoms with Crippen LogP contribution in [0, 0.1) is 18.7 Å². The number of hydrogen-bond acceptors (Lipinski definition) is 3. The fourth-order valence-corrected chi connectivity index (χ4v) is 4.18. The molecule has 2 heterocycles. The number of para-hydroxylation sites is 1. The van der Waals surface area contributed by atoms with Crippen LogP contribution in [0.1, 0.15) is 12.0 Å². The predicted molar refractivity (Wildman–Crippen MR) is 112 cm³/mol. The van der Waals surface area contributed by atoms with Gasteiger partial charge in [0, 0.05) is 43.4 Å². The van der Waals surface area contributed by atoms with Crippen LogP contribution in [0.4, 0.5) is 15.8 Å². The highest BCUT2D eigenvalue weighted by Crippen LogP contribution is 2.30. The van der Waals surface area contributed by atoms with Gasteiger partial charge < -0.3 is 14.7 Å². The Hall–Kier alpha value is -2.60. The van der Waals surface area contributed by atoms with Gasteiger partial charge in [0.2, 0.25) is 11.8 Å². The molecule has 29 heavy (non-hydrogen) atoms. The standard InChI is InChI=1S/C22H23ClFN3O2/c1-15-14-16(6-7-18(15)23)27-9-8-17(22(27)29)21(28)26-12-10-25(11-13-26)20-5-3-2-4-19(20)24/h2-7,14,17H,8-13H2,1H3/t17-/m1/s1. The Bertz CT molecular complexity index is 943. The molecule has 0 saturated carbocycles. The molecule has 152 valence electrons. The van der Waals surface area contributed by atoms with Crippen molar-refractivity contribution in [1.29, 1.82) is 0 Å². The molecule has 5 nitrogen and oxygen atoms in total. The van der Waals surface area contributed by atoms with Gasteiger partial charge in [0.25, 0.3) is 0 Å². The summed E-state index contributed by atoms with van der Waals surface area (Å²) in [6, 6.07) is 12.1. The van der Waals surface area contributed by atoms with E-state index in [9.17, 15) is 14.0 Å². The average Bonchev–Trinajstić information content (AvgIpc) is 3.11. The monoisotopic (exact) mass is 415 g/mol. The minimum absolute atomic E-state index is 0.128. The van der Waals surface area contributed by atoms with Gasteiger partial charge in [-0.15, -0.1) is 0 Å². The number of carbonyl (C=O) groups is 2. The number of hydrogen-bond donors (Lipinski definition) is 0. The number of anilines is 2. The Labute approximate surface area is 174 Å². The van der Waals surface area contributed by atoms with E-state index in [2.05, 4.69) is 0 Å². The van der Waals surface area contributed by atoms with Crippen molar-refractivity contribution in [3.05, 3.63) is 58.9 Å². The Kier molecular flexibility index (Phi) is 5.46. The Morgan fingerprint density at radius 2 is 1.79 bits per heavy atom. The first kappa shape index (κ1) is 19.7. The van der Waals surface area contributed by atoms with Crippen molar-refractivity contribution in [2.75, 3.05) is 42.5 Å². The molecule has 1 atom stereocenters. The van der Waals surface area contributed by atoms with Gasteiger partial charge in [0.15, 0.2) is 0 Å². The number of aryl methyl sites for hydroxylation is 1. The van der Waals surface area contributed by atoms with Crippen molar-refractivity contribution >= 4 is 34.8 Å². The van der Waals surface area contributed by atoms with Crippen LogP contribution in [0.5, 0.6) is 0 Å². The molecular formula is C22H23ClFN3O2. The first-order valence-electron chi connectivity index (χ1n) is 9.81. The van der Waals surface area contributed by atoms with Gasteiger partial charge in [-0.3, -0.25) is 9.59 Å². The molecule has 0 bridgehead atoms. The molecule has 0 aromatic heterocycles. The maximum absolute atomic E-state index is 14.0. The van der Waals surface area contributed by atoms with E-state index < -0.39 is 5.92 Å². The van der Waals surface area contributed by atoms with Crippen LogP contribution < -0.4 is 9.80 Å². The van der Waals surface area contributed by atoms with Crippen molar-refractivity contribution in [3.8, 4) is 0 Å². The average molecular weight is 416 g/mol. The van der Waals surface area contributed by atoms with Crippen LogP contribution in [0.3, 0.4) is 0 Å². The van der Waals surface area contributed by atoms with Crippen LogP contribution in [0.2, 0.25) is 5.02 Å². The molecule has 0 spiro atoms. The van der Waals surface area contributed by atoms with Crippen LogP contribution in [-0.4, -0.2) is 49.4 Å². The first-order chi connectivity index (χ1) is 14.0. The summed E-state index contributed by atoms with van der Waals surface area (Å²) >= 11 is 6.08. The maximum Gasteiger partial charge on any atom is 0.239 e. The van der Waals surface area contributed by atoms with E-state index in [1.54, 1.807) is 34.1 Å². The maximum atomic E-state index is 14.0. The normalized spacial score (nSPS) is 19.8. The summed E-state index contributed by atoms with van der Waals surface area (Å²) in [6.07, 6.45) is 0.507. The zero-order valence-corrected chi connectivity index (χ0v) is 17.0. The van der Waals surface area contributed by atoms with Crippen molar-refractivity contribution in [1.82, 2.24) is 4.90 Å². The molecule has 4 rings (SSSR count). The number of amides is 2. The lowest BCUT2D eigenvalue weighted by molar-refractivity contribution is -0.140. The van der Waals surface area contributed by atoms with Crippen LogP contribution >= 0.6 is 11.6 Å². The zero-order valence-electron chi connectivity index (χ0n) is 16.3. The number of piperazine rings is 1. The summed E-state index contributed by atoms with van der Waals surface area (Å²) in [5.41, 5.74) is 2.23. The summed E-state index contributed by atoms with van der Waals surface area (Å²) in [5, 5.41) is 0.653. The minimum Gasteiger partial charge on any atom is -0.366 e. The van der Waals surface area contributed by atoms with Gasteiger partial charge >= 0.3 is 0 Å². The van der Waals surface area contributed by atoms with Gasteiger partial charge in [-0.25, -0.2) is 4.39 Å². The number of nitrogens with zero attached hydrogens (tertiary/aromatic N) is 3. The van der Waals surface area contributed by atoms with Crippen molar-refractivity contribution < 1.29 is 14.0 Å². The summed E-state index contributed by atoms with van der Waals surface area (Å²) in [4.78, 5) is 31.2. The second-order valence-corrected chi connectivity index (χ2v) is 7.94. The first-order valence-corrected chi connectivity index (χ1v) is 10.2. The molecule has 2 aliphatic rings. The number of rotatable bonds is 3. The summed E-state index contributed by atoms with van der Waals surface area (Å²) in [7, 11) is 0. The van der Waals surface area contributed by atoms with Gasteiger partial charge in [-0.1, -0.05) is 23.7 Å². The van der Waals surface area contributed by atoms with Crippen LogP contribution in [0.15, 0.2) is 42.5 Å². The van der Waals surface area contributed by atoms with E-state index in [-0.39, 0.29) is 17.6 Å². The molecular weight excluding hydrogens is 393 g/mol. The quantitative estimate of drug-likeness (QED) is 0.721. The lowest BCUT2D eigenvalue weighted by Crippen LogP contribution is -2.51. The lowest BCUT2D eigenvalue weighted by atomic mass is 10.1. The molecule has 2 amide bonds. The highest BCUT2D eigenvalue weighted by molar-refractivity contribution is 6.31. The summed E-state index contributed by atoms with van der Waals surface area (Å²) in [5.74, 6) is -1.19. The van der Waals surface area contributed by atoms with E-state index >= 15 is 0 Å². The molecule has 0 unspecified atom stereocenters. The Morgan fingerprint density at radius 3 is 2.48 bits per heavy atom. The molecule has 0 aliphatic carbocycles. The van der Waals surface area contributed by atoms with Crippen molar-refractivity contribution in [3.63, 3.8) is 0 Å². The lowest BCUT2D eigenvalue weighted by Gasteiger charge is -2.37. The van der Waals surface area contributed by atoms with E-state index in [1.165, 1.54) is 6.07 Å². The summed E-state index contributed by atoms with van der Waals surface area (Å²) < 4.78 is 14.0. The molecule has 0 N–H and O–H groups in total. The molecule has 2 aliphatic heterocycles. The SMILES string of the molecule is Cc1cc(N2CC[C@H](C(=O)N3CCN(c4ccccc4F)CC3)C2=O)ccc1Cl. The smallest absolute Gasteiger partial charge is 0.239 e. The highest BCUT2D eigenvalue weighted by atomic mass is 35.5. The number of benzene rings is 2. The fraction of sp³-hybridized carbons (Fsp3) is 0.364. The van der Waals surface area contributed by atoms with Gasteiger partial charge in [-0.05, 0) is 49.2 Å². The second kappa shape index (κ2) is 8.03. The summed E-state index contributed by atoms with van der Waals surface area (Å²) in [6.45, 7) is 4.48. The van der Waals surface area contributed by atoms with E-state index in [0.29, 0.717) is 49.9 Å². The van der Waals surface area contributed by atoms with E-state index in [4.69, 9.17) is 11.6 Å². The predicted octanol–water partition coefficient (Wildman–Crippen LogP) is 3.49. The number of halogens is 2. The van der Waals surface area contributed by atoms with Crippen molar-refractivity contribution in [2.24, 2.45) is 5.92 Å². The third kappa shape index (κ3) is 3.81. The minimum atomic E-state index is -0.647. The Morgan fingerprint density at radius 1 is 1.07 bits per heavy atom. The molecule has 2 fully saturated rings. The van der Waals surface area contributed by atoms with Crippen LogP contribution in [0.25, 0.3) is 0 Å². The number of carbonyl (C=O) groups excluding carboxylic acids is 2. The molecule has 2 aromatic rings. The van der Waals surface area contributed by atoms with Gasteiger partial charge in [0.1, 0.15) is 11.7 Å². The topological polar surface area (TPSA) is 43.9 Å². The largest absolute Gasteiger partial charge is 0.366 e. The molecule has 0 radical (unpaired) electrons. The molecule has 2 saturated heterocycles.